The van der Waals surface area contributed by atoms with Gasteiger partial charge in [-0.05, 0) is 23.6 Å². The second-order valence-corrected chi connectivity index (χ2v) is 3.47. The average molecular weight is 194 g/mol. The van der Waals surface area contributed by atoms with Gasteiger partial charge in [0.1, 0.15) is 5.75 Å². The zero-order valence-corrected chi connectivity index (χ0v) is 9.08. The molecule has 1 aromatic carbocycles. The quantitative estimate of drug-likeness (QED) is 0.797. The second-order valence-electron chi connectivity index (χ2n) is 3.47. The largest absolute Gasteiger partial charge is 0.496 e. The zero-order valence-electron chi connectivity index (χ0n) is 9.08. The Kier molecular flexibility index (Phi) is 3.96. The summed E-state index contributed by atoms with van der Waals surface area (Å²) >= 11 is 0. The Morgan fingerprint density at radius 3 is 2.64 bits per heavy atom. The van der Waals surface area contributed by atoms with Crippen LogP contribution in [0.15, 0.2) is 18.2 Å². The molecule has 1 atom stereocenters. The maximum Gasteiger partial charge on any atom is 0.122 e. The van der Waals surface area contributed by atoms with Crippen molar-refractivity contribution in [1.29, 1.82) is 0 Å². The molecule has 0 radical (unpaired) electrons. The molecular weight excluding hydrogens is 176 g/mol. The molecule has 0 bridgehead atoms. The molecule has 0 amide bonds. The third-order valence-corrected chi connectivity index (χ3v) is 2.55. The normalized spacial score (nSPS) is 12.6. The summed E-state index contributed by atoms with van der Waals surface area (Å²) in [6.07, 6.45) is 0.934. The number of aliphatic hydroxyl groups is 1. The zero-order chi connectivity index (χ0) is 10.6. The second kappa shape index (κ2) is 5.01. The number of methoxy groups -OCH3 is 1. The molecule has 0 spiro atoms. The van der Waals surface area contributed by atoms with Crippen molar-refractivity contribution in [2.24, 2.45) is 0 Å². The first-order valence-electron chi connectivity index (χ1n) is 5.01. The highest BCUT2D eigenvalue weighted by Gasteiger charge is 2.11. The van der Waals surface area contributed by atoms with Gasteiger partial charge in [-0.3, -0.25) is 0 Å². The first-order valence-corrected chi connectivity index (χ1v) is 5.01. The van der Waals surface area contributed by atoms with Crippen LogP contribution < -0.4 is 4.74 Å². The molecule has 0 aliphatic carbocycles. The van der Waals surface area contributed by atoms with Crippen molar-refractivity contribution >= 4 is 0 Å². The van der Waals surface area contributed by atoms with E-state index >= 15 is 0 Å². The summed E-state index contributed by atoms with van der Waals surface area (Å²) in [5.41, 5.74) is 2.39. The highest BCUT2D eigenvalue weighted by molar-refractivity contribution is 5.42. The molecule has 0 saturated heterocycles. The van der Waals surface area contributed by atoms with Crippen LogP contribution >= 0.6 is 0 Å². The van der Waals surface area contributed by atoms with Crippen molar-refractivity contribution in [1.82, 2.24) is 0 Å². The molecule has 0 fully saturated rings. The molecule has 2 nitrogen and oxygen atoms in total. The monoisotopic (exact) mass is 194 g/mol. The summed E-state index contributed by atoms with van der Waals surface area (Å²) in [6, 6.07) is 5.99. The number of hydrogen-bond acceptors (Lipinski definition) is 2. The van der Waals surface area contributed by atoms with Crippen molar-refractivity contribution < 1.29 is 9.84 Å². The van der Waals surface area contributed by atoms with E-state index in [0.717, 1.165) is 12.2 Å². The Bertz CT molecular complexity index is 294. The van der Waals surface area contributed by atoms with E-state index in [1.165, 1.54) is 11.1 Å². The number of ether oxygens (including phenoxy) is 1. The average Bonchev–Trinajstić information content (AvgIpc) is 2.26. The summed E-state index contributed by atoms with van der Waals surface area (Å²) in [6.45, 7) is 4.31. The lowest BCUT2D eigenvalue weighted by Gasteiger charge is -2.16. The van der Waals surface area contributed by atoms with Crippen LogP contribution in [-0.4, -0.2) is 18.8 Å². The van der Waals surface area contributed by atoms with Crippen molar-refractivity contribution in [2.75, 3.05) is 13.7 Å². The molecule has 0 aliphatic rings. The molecule has 1 N–H and O–H groups in total. The topological polar surface area (TPSA) is 29.5 Å². The van der Waals surface area contributed by atoms with Crippen LogP contribution in [0.1, 0.15) is 30.9 Å². The van der Waals surface area contributed by atoms with Crippen LogP contribution in [0.2, 0.25) is 0 Å². The fourth-order valence-electron chi connectivity index (χ4n) is 1.71. The number of aliphatic hydroxyl groups excluding tert-OH is 1. The molecule has 0 aromatic heterocycles. The van der Waals surface area contributed by atoms with Crippen molar-refractivity contribution in [3.8, 4) is 5.75 Å². The molecular formula is C12H18O2. The lowest BCUT2D eigenvalue weighted by atomic mass is 9.94. The highest BCUT2D eigenvalue weighted by atomic mass is 16.5. The van der Waals surface area contributed by atoms with Crippen molar-refractivity contribution in [2.45, 2.75) is 26.2 Å². The summed E-state index contributed by atoms with van der Waals surface area (Å²) < 4.78 is 5.29. The minimum Gasteiger partial charge on any atom is -0.496 e. The summed E-state index contributed by atoms with van der Waals surface area (Å²) in [7, 11) is 1.68. The first-order chi connectivity index (χ1) is 6.74. The van der Waals surface area contributed by atoms with Crippen LogP contribution in [0.25, 0.3) is 0 Å². The Morgan fingerprint density at radius 2 is 2.14 bits per heavy atom. The number of rotatable bonds is 4. The molecule has 78 valence electrons. The van der Waals surface area contributed by atoms with Crippen LogP contribution in [-0.2, 0) is 6.42 Å². The predicted molar refractivity (Wildman–Crippen MR) is 57.9 cm³/mol. The minimum atomic E-state index is 0.181. The van der Waals surface area contributed by atoms with E-state index in [-0.39, 0.29) is 12.5 Å². The van der Waals surface area contributed by atoms with Gasteiger partial charge in [0.05, 0.1) is 7.11 Å². The van der Waals surface area contributed by atoms with Crippen molar-refractivity contribution in [3.05, 3.63) is 29.3 Å². The van der Waals surface area contributed by atoms with Gasteiger partial charge in [-0.2, -0.15) is 0 Å². The fraction of sp³-hybridized carbons (Fsp3) is 0.500. The van der Waals surface area contributed by atoms with Crippen LogP contribution in [0.5, 0.6) is 5.75 Å². The van der Waals surface area contributed by atoms with E-state index in [1.54, 1.807) is 7.11 Å². The third-order valence-electron chi connectivity index (χ3n) is 2.55. The molecule has 1 unspecified atom stereocenters. The Hall–Kier alpha value is -1.02. The van der Waals surface area contributed by atoms with E-state index in [1.807, 2.05) is 19.1 Å². The van der Waals surface area contributed by atoms with Gasteiger partial charge in [-0.1, -0.05) is 26.0 Å². The molecule has 0 aliphatic heterocycles. The van der Waals surface area contributed by atoms with E-state index in [4.69, 9.17) is 9.84 Å². The van der Waals surface area contributed by atoms with Crippen LogP contribution in [0.4, 0.5) is 0 Å². The van der Waals surface area contributed by atoms with Gasteiger partial charge in [0.15, 0.2) is 0 Å². The van der Waals surface area contributed by atoms with Crippen molar-refractivity contribution in [3.63, 3.8) is 0 Å². The lowest BCUT2D eigenvalue weighted by Crippen LogP contribution is -2.04. The van der Waals surface area contributed by atoms with Gasteiger partial charge < -0.3 is 9.84 Å². The summed E-state index contributed by atoms with van der Waals surface area (Å²) in [5, 5.41) is 9.13. The maximum atomic E-state index is 9.13. The summed E-state index contributed by atoms with van der Waals surface area (Å²) in [4.78, 5) is 0. The smallest absolute Gasteiger partial charge is 0.122 e. The van der Waals surface area contributed by atoms with Crippen LogP contribution in [0, 0.1) is 0 Å². The van der Waals surface area contributed by atoms with E-state index in [2.05, 4.69) is 13.0 Å². The molecule has 2 heteroatoms. The Balaban J connectivity index is 3.14. The molecule has 14 heavy (non-hydrogen) atoms. The van der Waals surface area contributed by atoms with Gasteiger partial charge >= 0.3 is 0 Å². The highest BCUT2D eigenvalue weighted by Crippen LogP contribution is 2.27. The minimum absolute atomic E-state index is 0.181. The van der Waals surface area contributed by atoms with Gasteiger partial charge in [-0.15, -0.1) is 0 Å². The summed E-state index contributed by atoms with van der Waals surface area (Å²) in [5.74, 6) is 1.10. The predicted octanol–water partition coefficient (Wildman–Crippen LogP) is 2.35. The molecule has 1 rings (SSSR count). The molecule has 0 heterocycles. The Labute approximate surface area is 85.5 Å². The van der Waals surface area contributed by atoms with Gasteiger partial charge in [0.25, 0.3) is 0 Å². The van der Waals surface area contributed by atoms with E-state index < -0.39 is 0 Å². The maximum absolute atomic E-state index is 9.13. The number of hydrogen-bond donors (Lipinski definition) is 1. The van der Waals surface area contributed by atoms with Gasteiger partial charge in [0.2, 0.25) is 0 Å². The Morgan fingerprint density at radius 1 is 1.43 bits per heavy atom. The van der Waals surface area contributed by atoms with E-state index in [0.29, 0.717) is 0 Å². The molecule has 1 aromatic rings. The molecule has 0 saturated carbocycles. The van der Waals surface area contributed by atoms with Crippen LogP contribution in [0.3, 0.4) is 0 Å². The third kappa shape index (κ3) is 2.07. The first kappa shape index (κ1) is 11.1. The van der Waals surface area contributed by atoms with Gasteiger partial charge in [0, 0.05) is 12.5 Å². The lowest BCUT2D eigenvalue weighted by molar-refractivity contribution is 0.272. The number of benzene rings is 1. The fourth-order valence-corrected chi connectivity index (χ4v) is 1.71. The SMILES string of the molecule is CCc1c(OC)cccc1C(C)CO. The van der Waals surface area contributed by atoms with E-state index in [9.17, 15) is 0 Å². The van der Waals surface area contributed by atoms with Gasteiger partial charge in [-0.25, -0.2) is 0 Å². The standard InChI is InChI=1S/C12H18O2/c1-4-10-11(9(2)8-13)6-5-7-12(10)14-3/h5-7,9,13H,4,8H2,1-3H3.